The van der Waals surface area contributed by atoms with Crippen molar-refractivity contribution in [1.29, 1.82) is 0 Å². The number of nitrogens with zero attached hydrogens (tertiary/aromatic N) is 3. The van der Waals surface area contributed by atoms with Crippen LogP contribution in [-0.2, 0) is 19.6 Å². The van der Waals surface area contributed by atoms with Crippen molar-refractivity contribution < 1.29 is 41.4 Å². The number of hydrogen-bond acceptors (Lipinski definition) is 9. The Balaban J connectivity index is 1.32. The third kappa shape index (κ3) is 5.44. The number of ether oxygens (including phenoxy) is 2. The number of nitrogens with one attached hydrogen (secondary N) is 1. The number of furan rings is 1. The summed E-state index contributed by atoms with van der Waals surface area (Å²) in [6, 6.07) is 6.52. The molecule has 1 aromatic carbocycles. The van der Waals surface area contributed by atoms with Gasteiger partial charge in [-0.25, -0.2) is 13.2 Å². The van der Waals surface area contributed by atoms with E-state index in [4.69, 9.17) is 13.9 Å². The van der Waals surface area contributed by atoms with Gasteiger partial charge in [-0.2, -0.15) is 9.04 Å². The van der Waals surface area contributed by atoms with Crippen molar-refractivity contribution in [3.63, 3.8) is 0 Å². The molecule has 3 unspecified atom stereocenters. The molecule has 2 aliphatic rings. The smallest absolute Gasteiger partial charge is 0.415 e. The number of Topliss-reactive ketones (excluding diaryl/α,β-unsaturated/α-hetero) is 1. The summed E-state index contributed by atoms with van der Waals surface area (Å²) in [7, 11) is -2.67. The Bertz CT molecular complexity index is 1600. The molecule has 0 saturated carbocycles. The van der Waals surface area contributed by atoms with Gasteiger partial charge in [0, 0.05) is 24.1 Å². The highest BCUT2D eigenvalue weighted by Gasteiger charge is 2.54. The van der Waals surface area contributed by atoms with E-state index in [9.17, 15) is 28.0 Å². The number of benzene rings is 1. The summed E-state index contributed by atoms with van der Waals surface area (Å²) in [4.78, 5) is 40.7. The monoisotopic (exact) mass is 586 g/mol. The first-order chi connectivity index (χ1) is 19.5. The van der Waals surface area contributed by atoms with Gasteiger partial charge in [0.2, 0.25) is 15.9 Å². The molecule has 2 amide bonds. The molecular formula is C27H30N4O9S. The van der Waals surface area contributed by atoms with E-state index in [0.29, 0.717) is 21.4 Å². The SMILES string of the molecule is COc1cccc2cc(OC(=O)NC(CC(C)C)C(=O)N3CCC4C3C(=O)CN4S(=O)(=O)c3ccc[n+]([O-])c3)oc12. The van der Waals surface area contributed by atoms with E-state index in [0.717, 1.165) is 16.7 Å². The Morgan fingerprint density at radius 2 is 2.02 bits per heavy atom. The number of ketones is 1. The molecule has 0 aliphatic carbocycles. The largest absolute Gasteiger partial charge is 0.619 e. The molecule has 0 radical (unpaired) electrons. The van der Waals surface area contributed by atoms with Crippen molar-refractivity contribution in [1.82, 2.24) is 14.5 Å². The van der Waals surface area contributed by atoms with Gasteiger partial charge in [-0.05, 0) is 30.9 Å². The van der Waals surface area contributed by atoms with Gasteiger partial charge >= 0.3 is 6.09 Å². The molecule has 5 rings (SSSR count). The molecule has 3 aromatic rings. The number of pyridine rings is 1. The van der Waals surface area contributed by atoms with Gasteiger partial charge < -0.3 is 29.3 Å². The summed E-state index contributed by atoms with van der Waals surface area (Å²) < 4.78 is 44.2. The number of sulfonamides is 1. The molecule has 13 nitrogen and oxygen atoms in total. The van der Waals surface area contributed by atoms with Crippen LogP contribution in [0.3, 0.4) is 0 Å². The second kappa shape index (κ2) is 11.0. The van der Waals surface area contributed by atoms with E-state index >= 15 is 0 Å². The highest BCUT2D eigenvalue weighted by atomic mass is 32.2. The molecule has 2 saturated heterocycles. The van der Waals surface area contributed by atoms with Crippen molar-refractivity contribution in [3.8, 4) is 11.7 Å². The first-order valence-corrected chi connectivity index (χ1v) is 14.5. The zero-order valence-corrected chi connectivity index (χ0v) is 23.5. The van der Waals surface area contributed by atoms with E-state index in [2.05, 4.69) is 5.32 Å². The molecule has 41 heavy (non-hydrogen) atoms. The third-order valence-electron chi connectivity index (χ3n) is 7.21. The first-order valence-electron chi connectivity index (χ1n) is 13.1. The fourth-order valence-electron chi connectivity index (χ4n) is 5.44. The number of amides is 2. The molecule has 3 atom stereocenters. The van der Waals surface area contributed by atoms with E-state index in [1.807, 2.05) is 13.8 Å². The number of hydrogen-bond donors (Lipinski definition) is 1. The van der Waals surface area contributed by atoms with Crippen molar-refractivity contribution >= 4 is 38.8 Å². The second-order valence-corrected chi connectivity index (χ2v) is 12.3. The number of likely N-dealkylation sites (tertiary alicyclic amines) is 1. The molecule has 0 spiro atoms. The lowest BCUT2D eigenvalue weighted by Gasteiger charge is -2.28. The van der Waals surface area contributed by atoms with Crippen LogP contribution < -0.4 is 19.5 Å². The normalized spacial score (nSPS) is 19.9. The quantitative estimate of drug-likeness (QED) is 0.306. The van der Waals surface area contributed by atoms with Gasteiger partial charge in [-0.1, -0.05) is 26.0 Å². The summed E-state index contributed by atoms with van der Waals surface area (Å²) in [6.07, 6.45) is 1.64. The zero-order valence-electron chi connectivity index (χ0n) is 22.7. The highest BCUT2D eigenvalue weighted by molar-refractivity contribution is 7.89. The maximum atomic E-state index is 13.7. The van der Waals surface area contributed by atoms with E-state index in [1.165, 1.54) is 30.2 Å². The van der Waals surface area contributed by atoms with E-state index in [-0.39, 0.29) is 36.1 Å². The van der Waals surface area contributed by atoms with Gasteiger partial charge in [-0.3, -0.25) is 9.59 Å². The number of carbonyl (C=O) groups excluding carboxylic acids is 3. The number of rotatable bonds is 8. The number of aromatic nitrogens is 1. The average molecular weight is 587 g/mol. The van der Waals surface area contributed by atoms with Crippen molar-refractivity contribution in [3.05, 3.63) is 54.0 Å². The van der Waals surface area contributed by atoms with Gasteiger partial charge in [0.1, 0.15) is 17.0 Å². The third-order valence-corrected chi connectivity index (χ3v) is 9.07. The predicted molar refractivity (Wildman–Crippen MR) is 143 cm³/mol. The average Bonchev–Trinajstić information content (AvgIpc) is 3.62. The summed E-state index contributed by atoms with van der Waals surface area (Å²) in [5, 5.41) is 14.9. The predicted octanol–water partition coefficient (Wildman–Crippen LogP) is 1.82. The Kier molecular flexibility index (Phi) is 7.62. The minimum atomic E-state index is -4.16. The molecule has 14 heteroatoms. The minimum absolute atomic E-state index is 0.00821. The summed E-state index contributed by atoms with van der Waals surface area (Å²) in [5.74, 6) is -0.584. The Morgan fingerprint density at radius 3 is 2.73 bits per heavy atom. The van der Waals surface area contributed by atoms with Gasteiger partial charge in [-0.15, -0.1) is 0 Å². The summed E-state index contributed by atoms with van der Waals surface area (Å²) >= 11 is 0. The molecule has 4 heterocycles. The second-order valence-electron chi connectivity index (χ2n) is 10.4. The van der Waals surface area contributed by atoms with Crippen LogP contribution in [0.2, 0.25) is 0 Å². The fraction of sp³-hybridized carbons (Fsp3) is 0.407. The number of carbonyl (C=O) groups is 3. The fourth-order valence-corrected chi connectivity index (χ4v) is 7.08. The Hall–Kier alpha value is -4.17. The molecule has 2 aliphatic heterocycles. The summed E-state index contributed by atoms with van der Waals surface area (Å²) in [5.41, 5.74) is 0.399. The van der Waals surface area contributed by atoms with Crippen LogP contribution in [0.1, 0.15) is 26.7 Å². The first kappa shape index (κ1) is 28.4. The minimum Gasteiger partial charge on any atom is -0.619 e. The van der Waals surface area contributed by atoms with Crippen LogP contribution in [0.4, 0.5) is 4.79 Å². The van der Waals surface area contributed by atoms with Gasteiger partial charge in [0.05, 0.1) is 19.7 Å². The van der Waals surface area contributed by atoms with E-state index in [1.54, 1.807) is 18.2 Å². The van der Waals surface area contributed by atoms with Crippen molar-refractivity contribution in [2.45, 2.75) is 49.7 Å². The van der Waals surface area contributed by atoms with Crippen LogP contribution in [0, 0.1) is 11.1 Å². The van der Waals surface area contributed by atoms with Crippen LogP contribution in [0.25, 0.3) is 11.0 Å². The van der Waals surface area contributed by atoms with Gasteiger partial charge in [0.25, 0.3) is 5.95 Å². The molecule has 1 N–H and O–H groups in total. The molecule has 0 bridgehead atoms. The van der Waals surface area contributed by atoms with Crippen LogP contribution in [0.5, 0.6) is 11.7 Å². The molecular weight excluding hydrogens is 556 g/mol. The lowest BCUT2D eigenvalue weighted by Crippen LogP contribution is -2.53. The maximum Gasteiger partial charge on any atom is 0.415 e. The van der Waals surface area contributed by atoms with Crippen molar-refractivity contribution in [2.75, 3.05) is 20.2 Å². The van der Waals surface area contributed by atoms with Gasteiger partial charge in [0.15, 0.2) is 29.5 Å². The molecule has 2 fully saturated rings. The van der Waals surface area contributed by atoms with Crippen LogP contribution in [0.15, 0.2) is 58.1 Å². The summed E-state index contributed by atoms with van der Waals surface area (Å²) in [6.45, 7) is 3.46. The zero-order chi connectivity index (χ0) is 29.5. The Labute approximate surface area is 236 Å². The maximum absolute atomic E-state index is 13.7. The topological polar surface area (TPSA) is 162 Å². The molecule has 2 aromatic heterocycles. The highest BCUT2D eigenvalue weighted by Crippen LogP contribution is 2.35. The molecule has 218 valence electrons. The number of fused-ring (bicyclic) bond motifs is 2. The van der Waals surface area contributed by atoms with Crippen LogP contribution >= 0.6 is 0 Å². The number of methoxy groups -OCH3 is 1. The lowest BCUT2D eigenvalue weighted by molar-refractivity contribution is -0.607. The van der Waals surface area contributed by atoms with Crippen LogP contribution in [-0.4, -0.2) is 73.7 Å². The number of para-hydroxylation sites is 1. The Morgan fingerprint density at radius 1 is 1.24 bits per heavy atom. The van der Waals surface area contributed by atoms with Crippen molar-refractivity contribution in [2.24, 2.45) is 5.92 Å². The van der Waals surface area contributed by atoms with E-state index < -0.39 is 52.5 Å². The lowest BCUT2D eigenvalue weighted by atomic mass is 10.0. The standard InChI is InChI=1S/C27H30N4O9S/c1-16(2)12-19(28-27(34)40-23-13-17-6-4-8-22(38-3)25(17)39-23)26(33)30-11-9-20-24(30)21(32)15-31(20)41(36,37)18-7-5-10-29(35)14-18/h4-8,10,13-14,16,19-20,24H,9,11-12,15H2,1-3H3,(H,28,34).